The zero-order chi connectivity index (χ0) is 15.5. The van der Waals surface area contributed by atoms with Crippen LogP contribution >= 0.6 is 23.4 Å². The number of fused-ring (bicyclic) bond motifs is 1. The van der Waals surface area contributed by atoms with Gasteiger partial charge < -0.3 is 9.88 Å². The number of halogens is 1. The van der Waals surface area contributed by atoms with Gasteiger partial charge in [0.05, 0.1) is 5.88 Å². The van der Waals surface area contributed by atoms with Crippen molar-refractivity contribution in [2.75, 3.05) is 12.9 Å². The van der Waals surface area contributed by atoms with Crippen molar-refractivity contribution in [2.45, 2.75) is 4.90 Å². The Kier molecular flexibility index (Phi) is 4.41. The Morgan fingerprint density at radius 3 is 2.77 bits per heavy atom. The van der Waals surface area contributed by atoms with Gasteiger partial charge in [0, 0.05) is 39.6 Å². The van der Waals surface area contributed by atoms with Crippen LogP contribution in [0.3, 0.4) is 0 Å². The molecular weight excluding hydrogens is 316 g/mol. The number of hydrogen-bond donors (Lipinski definition) is 1. The Balaban J connectivity index is 1.70. The highest BCUT2D eigenvalue weighted by molar-refractivity contribution is 7.99. The number of carbonyl (C=O) groups is 1. The number of aromatic amines is 1. The molecule has 1 heterocycles. The van der Waals surface area contributed by atoms with Gasteiger partial charge in [0.15, 0.2) is 0 Å². The molecule has 0 spiro atoms. The summed E-state index contributed by atoms with van der Waals surface area (Å²) in [5, 5.41) is 1.83. The molecule has 3 aromatic rings. The molecule has 5 heteroatoms. The monoisotopic (exact) mass is 330 g/mol. The molecule has 1 aromatic heterocycles. The van der Waals surface area contributed by atoms with Gasteiger partial charge in [-0.15, -0.1) is 11.8 Å². The fourth-order valence-corrected chi connectivity index (χ4v) is 3.32. The number of hydrogen-bond acceptors (Lipinski definition) is 2. The fraction of sp³-hybridized carbons (Fsp3) is 0.118. The van der Waals surface area contributed by atoms with Crippen LogP contribution < -0.4 is 0 Å². The molecule has 0 unspecified atom stereocenters. The first kappa shape index (κ1) is 15.0. The first-order chi connectivity index (χ1) is 10.6. The van der Waals surface area contributed by atoms with Crippen LogP contribution in [-0.4, -0.2) is 28.7 Å². The maximum atomic E-state index is 12.3. The highest BCUT2D eigenvalue weighted by atomic mass is 35.5. The third-order valence-electron chi connectivity index (χ3n) is 3.39. The molecule has 0 radical (unpaired) electrons. The molecule has 0 saturated heterocycles. The summed E-state index contributed by atoms with van der Waals surface area (Å²) in [4.78, 5) is 18.3. The summed E-state index contributed by atoms with van der Waals surface area (Å²) < 4.78 is 0. The van der Waals surface area contributed by atoms with E-state index in [1.165, 1.54) is 0 Å². The van der Waals surface area contributed by atoms with Gasteiger partial charge in [-0.2, -0.15) is 0 Å². The van der Waals surface area contributed by atoms with Gasteiger partial charge in [-0.1, -0.05) is 35.9 Å². The third kappa shape index (κ3) is 3.13. The molecule has 0 fully saturated rings. The minimum absolute atomic E-state index is 0.0241. The van der Waals surface area contributed by atoms with Crippen LogP contribution in [0, 0.1) is 0 Å². The highest BCUT2D eigenvalue weighted by Gasteiger charge is 2.12. The van der Waals surface area contributed by atoms with E-state index in [-0.39, 0.29) is 5.91 Å². The largest absolute Gasteiger partial charge is 0.360 e. The van der Waals surface area contributed by atoms with Crippen LogP contribution in [0.15, 0.2) is 59.6 Å². The molecule has 0 aliphatic rings. The van der Waals surface area contributed by atoms with Crippen LogP contribution in [0.25, 0.3) is 10.9 Å². The number of nitrogens with zero attached hydrogens (tertiary/aromatic N) is 1. The van der Waals surface area contributed by atoms with Gasteiger partial charge in [0.2, 0.25) is 0 Å². The van der Waals surface area contributed by atoms with E-state index in [1.54, 1.807) is 16.7 Å². The Hall–Kier alpha value is -1.91. The maximum Gasteiger partial charge on any atom is 0.254 e. The normalized spacial score (nSPS) is 10.8. The van der Waals surface area contributed by atoms with E-state index in [4.69, 9.17) is 11.6 Å². The van der Waals surface area contributed by atoms with Crippen molar-refractivity contribution in [3.8, 4) is 0 Å². The quantitative estimate of drug-likeness (QED) is 0.558. The summed E-state index contributed by atoms with van der Waals surface area (Å²) in [7, 11) is 1.81. The first-order valence-electron chi connectivity index (χ1n) is 6.85. The van der Waals surface area contributed by atoms with Gasteiger partial charge in [0.25, 0.3) is 5.91 Å². The number of thioether (sulfide) groups is 1. The van der Waals surface area contributed by atoms with E-state index in [2.05, 4.69) is 4.98 Å². The summed E-state index contributed by atoms with van der Waals surface area (Å²) in [5.74, 6) is 0.611. The lowest BCUT2D eigenvalue weighted by Crippen LogP contribution is -2.26. The van der Waals surface area contributed by atoms with Crippen LogP contribution in [0.5, 0.6) is 0 Å². The van der Waals surface area contributed by atoms with E-state index in [0.717, 1.165) is 15.8 Å². The van der Waals surface area contributed by atoms with E-state index in [9.17, 15) is 4.79 Å². The smallest absolute Gasteiger partial charge is 0.254 e. The molecule has 112 valence electrons. The van der Waals surface area contributed by atoms with Crippen molar-refractivity contribution < 1.29 is 4.79 Å². The lowest BCUT2D eigenvalue weighted by Gasteiger charge is -2.16. The van der Waals surface area contributed by atoms with Crippen LogP contribution in [0.1, 0.15) is 10.4 Å². The van der Waals surface area contributed by atoms with Crippen molar-refractivity contribution >= 4 is 40.2 Å². The first-order valence-corrected chi connectivity index (χ1v) is 8.21. The molecule has 22 heavy (non-hydrogen) atoms. The average molecular weight is 331 g/mol. The molecule has 1 amide bonds. The molecule has 0 bridgehead atoms. The highest BCUT2D eigenvalue weighted by Crippen LogP contribution is 2.30. The van der Waals surface area contributed by atoms with Crippen molar-refractivity contribution in [1.29, 1.82) is 0 Å². The molecule has 3 nitrogen and oxygen atoms in total. The summed E-state index contributed by atoms with van der Waals surface area (Å²) in [6.07, 6.45) is 1.95. The second-order valence-electron chi connectivity index (χ2n) is 4.99. The molecular formula is C17H15ClN2OS. The van der Waals surface area contributed by atoms with E-state index >= 15 is 0 Å². The van der Waals surface area contributed by atoms with E-state index in [1.807, 2.05) is 61.8 Å². The third-order valence-corrected chi connectivity index (χ3v) is 4.79. The summed E-state index contributed by atoms with van der Waals surface area (Å²) >= 11 is 7.61. The SMILES string of the molecule is CN(CSc1c[nH]c2cc(Cl)ccc12)C(=O)c1ccccc1. The summed E-state index contributed by atoms with van der Waals surface area (Å²) in [6.45, 7) is 0. The molecule has 0 aliphatic heterocycles. The molecule has 0 saturated carbocycles. The van der Waals surface area contributed by atoms with Gasteiger partial charge in [0.1, 0.15) is 0 Å². The number of nitrogens with one attached hydrogen (secondary N) is 1. The predicted molar refractivity (Wildman–Crippen MR) is 92.6 cm³/mol. The topological polar surface area (TPSA) is 36.1 Å². The minimum atomic E-state index is 0.0241. The predicted octanol–water partition coefficient (Wildman–Crippen LogP) is 4.64. The van der Waals surface area contributed by atoms with E-state index < -0.39 is 0 Å². The van der Waals surface area contributed by atoms with Gasteiger partial charge in [-0.25, -0.2) is 0 Å². The van der Waals surface area contributed by atoms with Gasteiger partial charge >= 0.3 is 0 Å². The Morgan fingerprint density at radius 2 is 2.00 bits per heavy atom. The Labute approximate surface area is 138 Å². The van der Waals surface area contributed by atoms with Crippen molar-refractivity contribution in [1.82, 2.24) is 9.88 Å². The lowest BCUT2D eigenvalue weighted by atomic mass is 10.2. The van der Waals surface area contributed by atoms with Gasteiger partial charge in [-0.3, -0.25) is 4.79 Å². The number of carbonyl (C=O) groups excluding carboxylic acids is 1. The molecule has 1 N–H and O–H groups in total. The number of benzene rings is 2. The second-order valence-corrected chi connectivity index (χ2v) is 6.41. The Bertz CT molecular complexity index is 801. The summed E-state index contributed by atoms with van der Waals surface area (Å²) in [5.41, 5.74) is 1.71. The minimum Gasteiger partial charge on any atom is -0.360 e. The molecule has 3 rings (SSSR count). The van der Waals surface area contributed by atoms with Crippen LogP contribution in [0.4, 0.5) is 0 Å². The Morgan fingerprint density at radius 1 is 1.23 bits per heavy atom. The molecule has 0 aliphatic carbocycles. The average Bonchev–Trinajstić information content (AvgIpc) is 2.94. The van der Waals surface area contributed by atoms with Crippen LogP contribution in [0.2, 0.25) is 5.02 Å². The second kappa shape index (κ2) is 6.46. The molecule has 0 atom stereocenters. The van der Waals surface area contributed by atoms with Crippen LogP contribution in [-0.2, 0) is 0 Å². The van der Waals surface area contributed by atoms with Crippen molar-refractivity contribution in [2.24, 2.45) is 0 Å². The maximum absolute atomic E-state index is 12.3. The zero-order valence-corrected chi connectivity index (χ0v) is 13.6. The standard InChI is InChI=1S/C17H15ClN2OS/c1-20(17(21)12-5-3-2-4-6-12)11-22-16-10-19-15-9-13(18)7-8-14(15)16/h2-10,19H,11H2,1H3. The fourth-order valence-electron chi connectivity index (χ4n) is 2.22. The number of rotatable bonds is 4. The number of aromatic nitrogens is 1. The van der Waals surface area contributed by atoms with Gasteiger partial charge in [-0.05, 0) is 24.3 Å². The zero-order valence-electron chi connectivity index (χ0n) is 12.0. The van der Waals surface area contributed by atoms with Crippen molar-refractivity contribution in [3.63, 3.8) is 0 Å². The van der Waals surface area contributed by atoms with Crippen molar-refractivity contribution in [3.05, 3.63) is 65.3 Å². The lowest BCUT2D eigenvalue weighted by molar-refractivity contribution is 0.0820. The summed E-state index contributed by atoms with van der Waals surface area (Å²) in [6, 6.07) is 15.1. The number of H-pyrrole nitrogens is 1. The number of amides is 1. The van der Waals surface area contributed by atoms with E-state index in [0.29, 0.717) is 16.5 Å². The molecule has 2 aromatic carbocycles.